The number of aliphatic hydroxyl groups is 1. The van der Waals surface area contributed by atoms with Crippen LogP contribution in [0.5, 0.6) is 0 Å². The van der Waals surface area contributed by atoms with E-state index in [0.717, 1.165) is 16.6 Å². The van der Waals surface area contributed by atoms with Crippen molar-refractivity contribution in [2.75, 3.05) is 5.32 Å². The number of nitriles is 1. The highest BCUT2D eigenvalue weighted by Crippen LogP contribution is 2.33. The molecule has 1 amide bonds. The Balaban J connectivity index is 1.83. The summed E-state index contributed by atoms with van der Waals surface area (Å²) in [6.45, 7) is 0.933. The number of benzene rings is 2. The molecule has 1 atom stereocenters. The van der Waals surface area contributed by atoms with Crippen molar-refractivity contribution in [3.05, 3.63) is 52.0 Å². The first-order chi connectivity index (χ1) is 13.5. The van der Waals surface area contributed by atoms with E-state index in [4.69, 9.17) is 5.26 Å². The van der Waals surface area contributed by atoms with Gasteiger partial charge in [0.1, 0.15) is 5.52 Å². The van der Waals surface area contributed by atoms with Crippen LogP contribution < -0.4 is 5.32 Å². The number of halogens is 4. The molecule has 0 bridgehead atoms. The molecule has 1 heterocycles. The van der Waals surface area contributed by atoms with E-state index in [1.807, 2.05) is 0 Å². The average Bonchev–Trinajstić information content (AvgIpc) is 3.02. The van der Waals surface area contributed by atoms with Gasteiger partial charge < -0.3 is 10.4 Å². The second-order valence-corrected chi connectivity index (χ2v) is 7.39. The second kappa shape index (κ2) is 7.46. The summed E-state index contributed by atoms with van der Waals surface area (Å²) in [5.41, 5.74) is -2.83. The molecular weight excluding hydrogens is 455 g/mol. The number of aromatic nitrogens is 3. The highest BCUT2D eigenvalue weighted by atomic mass is 79.9. The lowest BCUT2D eigenvalue weighted by Crippen LogP contribution is -2.44. The van der Waals surface area contributed by atoms with Crippen LogP contribution in [-0.2, 0) is 17.5 Å². The Morgan fingerprint density at radius 3 is 2.69 bits per heavy atom. The lowest BCUT2D eigenvalue weighted by Gasteiger charge is -2.22. The van der Waals surface area contributed by atoms with E-state index in [1.54, 1.807) is 18.2 Å². The van der Waals surface area contributed by atoms with Crippen molar-refractivity contribution in [3.8, 4) is 6.07 Å². The first-order valence-corrected chi connectivity index (χ1v) is 8.94. The number of nitrogens with zero attached hydrogens (tertiary/aromatic N) is 4. The maximum atomic E-state index is 13.1. The van der Waals surface area contributed by atoms with Crippen LogP contribution in [-0.4, -0.2) is 31.6 Å². The minimum atomic E-state index is -4.76. The van der Waals surface area contributed by atoms with Gasteiger partial charge in [0, 0.05) is 10.2 Å². The molecule has 0 radical (unpaired) electrons. The maximum absolute atomic E-state index is 13.1. The largest absolute Gasteiger partial charge is 0.417 e. The summed E-state index contributed by atoms with van der Waals surface area (Å²) in [6.07, 6.45) is -4.76. The summed E-state index contributed by atoms with van der Waals surface area (Å²) >= 11 is 3.30. The van der Waals surface area contributed by atoms with Crippen LogP contribution in [0.3, 0.4) is 0 Å². The maximum Gasteiger partial charge on any atom is 0.417 e. The van der Waals surface area contributed by atoms with Crippen LogP contribution in [0.15, 0.2) is 40.9 Å². The molecule has 150 valence electrons. The van der Waals surface area contributed by atoms with Crippen LogP contribution in [0, 0.1) is 11.3 Å². The Morgan fingerprint density at radius 2 is 2.03 bits per heavy atom. The number of alkyl halides is 3. The molecule has 0 fully saturated rings. The first-order valence-electron chi connectivity index (χ1n) is 8.15. The number of carbonyl (C=O) groups is 1. The topological polar surface area (TPSA) is 104 Å². The summed E-state index contributed by atoms with van der Waals surface area (Å²) in [4.78, 5) is 12.5. The van der Waals surface area contributed by atoms with Crippen LogP contribution in [0.4, 0.5) is 18.9 Å². The molecule has 3 aromatic rings. The molecule has 0 unspecified atom stereocenters. The SMILES string of the molecule is C[C@](O)(Cn1nnc2cc(Br)ccc21)C(=O)Nc1ccc(C#N)c(C(F)(F)F)c1. The first kappa shape index (κ1) is 20.8. The normalized spacial score (nSPS) is 13.7. The van der Waals surface area contributed by atoms with Gasteiger partial charge in [0.2, 0.25) is 0 Å². The van der Waals surface area contributed by atoms with Crippen molar-refractivity contribution >= 4 is 38.6 Å². The number of fused-ring (bicyclic) bond motifs is 1. The number of rotatable bonds is 4. The molecule has 1 aromatic heterocycles. The number of nitrogens with one attached hydrogen (secondary N) is 1. The third-order valence-corrected chi connectivity index (χ3v) is 4.62. The van der Waals surface area contributed by atoms with Gasteiger partial charge in [0.25, 0.3) is 5.91 Å². The van der Waals surface area contributed by atoms with Gasteiger partial charge in [-0.25, -0.2) is 4.68 Å². The van der Waals surface area contributed by atoms with Gasteiger partial charge in [-0.05, 0) is 43.3 Å². The van der Waals surface area contributed by atoms with Crippen molar-refractivity contribution in [1.82, 2.24) is 15.0 Å². The van der Waals surface area contributed by atoms with Crippen LogP contribution in [0.1, 0.15) is 18.1 Å². The lowest BCUT2D eigenvalue weighted by atomic mass is 10.0. The molecular formula is C18H13BrF3N5O2. The Hall–Kier alpha value is -2.97. The van der Waals surface area contributed by atoms with Crippen molar-refractivity contribution < 1.29 is 23.1 Å². The predicted molar refractivity (Wildman–Crippen MR) is 101 cm³/mol. The van der Waals surface area contributed by atoms with Gasteiger partial charge in [0.15, 0.2) is 5.60 Å². The van der Waals surface area contributed by atoms with Crippen molar-refractivity contribution in [2.24, 2.45) is 0 Å². The molecule has 0 spiro atoms. The minimum absolute atomic E-state index is 0.200. The predicted octanol–water partition coefficient (Wildman–Crippen LogP) is 3.47. The molecule has 0 aliphatic rings. The average molecular weight is 468 g/mol. The van der Waals surface area contributed by atoms with Crippen molar-refractivity contribution in [3.63, 3.8) is 0 Å². The number of carbonyl (C=O) groups excluding carboxylic acids is 1. The van der Waals surface area contributed by atoms with Gasteiger partial charge in [-0.3, -0.25) is 4.79 Å². The van der Waals surface area contributed by atoms with Crippen LogP contribution in [0.2, 0.25) is 0 Å². The molecule has 2 aromatic carbocycles. The molecule has 0 aliphatic heterocycles. The summed E-state index contributed by atoms with van der Waals surface area (Å²) < 4.78 is 41.3. The molecule has 0 aliphatic carbocycles. The van der Waals surface area contributed by atoms with Gasteiger partial charge >= 0.3 is 6.18 Å². The Labute approximate surface area is 170 Å². The zero-order valence-electron chi connectivity index (χ0n) is 14.8. The van der Waals surface area contributed by atoms with Crippen molar-refractivity contribution in [2.45, 2.75) is 25.2 Å². The van der Waals surface area contributed by atoms with E-state index >= 15 is 0 Å². The smallest absolute Gasteiger partial charge is 0.378 e. The molecule has 11 heteroatoms. The zero-order chi connectivity index (χ0) is 21.4. The Morgan fingerprint density at radius 1 is 1.31 bits per heavy atom. The van der Waals surface area contributed by atoms with Crippen LogP contribution in [0.25, 0.3) is 11.0 Å². The quantitative estimate of drug-likeness (QED) is 0.611. The summed E-state index contributed by atoms with van der Waals surface area (Å²) in [7, 11) is 0. The number of amides is 1. The van der Waals surface area contributed by atoms with E-state index in [0.29, 0.717) is 17.1 Å². The Kier molecular flexibility index (Phi) is 5.34. The molecule has 0 saturated carbocycles. The van der Waals surface area contributed by atoms with Gasteiger partial charge in [-0.1, -0.05) is 21.1 Å². The van der Waals surface area contributed by atoms with E-state index in [-0.39, 0.29) is 12.2 Å². The van der Waals surface area contributed by atoms with E-state index in [9.17, 15) is 23.1 Å². The highest BCUT2D eigenvalue weighted by Gasteiger charge is 2.35. The molecule has 2 N–H and O–H groups in total. The van der Waals surface area contributed by atoms with Gasteiger partial charge in [-0.15, -0.1) is 5.10 Å². The third kappa shape index (κ3) is 4.38. The molecule has 3 rings (SSSR count). The fraction of sp³-hybridized carbons (Fsp3) is 0.222. The third-order valence-electron chi connectivity index (χ3n) is 4.13. The number of anilines is 1. The zero-order valence-corrected chi connectivity index (χ0v) is 16.4. The lowest BCUT2D eigenvalue weighted by molar-refractivity contribution is -0.138. The van der Waals surface area contributed by atoms with E-state index < -0.39 is 28.8 Å². The van der Waals surface area contributed by atoms with Gasteiger partial charge in [-0.2, -0.15) is 18.4 Å². The van der Waals surface area contributed by atoms with Crippen LogP contribution >= 0.6 is 15.9 Å². The Bertz CT molecular complexity index is 1130. The summed E-state index contributed by atoms with van der Waals surface area (Å²) in [5, 5.41) is 29.5. The summed E-state index contributed by atoms with van der Waals surface area (Å²) in [5.74, 6) is -0.934. The fourth-order valence-corrected chi connectivity index (χ4v) is 2.99. The van der Waals surface area contributed by atoms with Crippen molar-refractivity contribution in [1.29, 1.82) is 5.26 Å². The molecule has 7 nitrogen and oxygen atoms in total. The summed E-state index contributed by atoms with van der Waals surface area (Å²) in [6, 6.07) is 9.37. The number of hydrogen-bond acceptors (Lipinski definition) is 5. The standard InChI is InChI=1S/C18H13BrF3N5O2/c1-17(29,9-27-15-5-3-11(19)6-14(15)25-26-27)16(28)24-12-4-2-10(8-23)13(7-12)18(20,21)22/h2-7,29H,9H2,1H3,(H,24,28)/t17-/m0/s1. The number of hydrogen-bond donors (Lipinski definition) is 2. The van der Waals surface area contributed by atoms with Gasteiger partial charge in [0.05, 0.1) is 29.3 Å². The highest BCUT2D eigenvalue weighted by molar-refractivity contribution is 9.10. The molecule has 29 heavy (non-hydrogen) atoms. The fourth-order valence-electron chi connectivity index (χ4n) is 2.65. The van der Waals surface area contributed by atoms with E-state index in [2.05, 4.69) is 31.6 Å². The molecule has 0 saturated heterocycles. The minimum Gasteiger partial charge on any atom is -0.378 e. The second-order valence-electron chi connectivity index (χ2n) is 6.48. The van der Waals surface area contributed by atoms with E-state index in [1.165, 1.54) is 17.7 Å². The monoisotopic (exact) mass is 467 g/mol.